The zero-order valence-corrected chi connectivity index (χ0v) is 10.9. The molecule has 1 aliphatic heterocycles. The summed E-state index contributed by atoms with van der Waals surface area (Å²) in [5.74, 6) is 0.0370. The van der Waals surface area contributed by atoms with Gasteiger partial charge in [-0.1, -0.05) is 55.5 Å². The Balaban J connectivity index is 1.88. The number of aryl methyl sites for hydroxylation is 1. The van der Waals surface area contributed by atoms with E-state index in [9.17, 15) is 4.79 Å². The first-order valence-electron chi connectivity index (χ1n) is 7.00. The van der Waals surface area contributed by atoms with Crippen molar-refractivity contribution in [1.29, 1.82) is 0 Å². The average molecular weight is 244 g/mol. The Morgan fingerprint density at radius 1 is 1.06 bits per heavy atom. The van der Waals surface area contributed by atoms with Crippen LogP contribution in [0.25, 0.3) is 0 Å². The van der Waals surface area contributed by atoms with Crippen molar-refractivity contribution < 1.29 is 9.53 Å². The number of benzene rings is 1. The Kier molecular flexibility index (Phi) is 2.89. The summed E-state index contributed by atoms with van der Waals surface area (Å²) in [6.45, 7) is 2.08. The van der Waals surface area contributed by atoms with Crippen molar-refractivity contribution in [3.05, 3.63) is 35.4 Å². The van der Waals surface area contributed by atoms with Crippen LogP contribution >= 0.6 is 0 Å². The molecular formula is C16H20O2. The van der Waals surface area contributed by atoms with Crippen LogP contribution in [0.4, 0.5) is 0 Å². The maximum absolute atomic E-state index is 12.0. The molecule has 1 saturated carbocycles. The molecule has 2 heteroatoms. The maximum Gasteiger partial charge on any atom is 0.316 e. The van der Waals surface area contributed by atoms with Gasteiger partial charge in [-0.2, -0.15) is 0 Å². The lowest BCUT2D eigenvalue weighted by Crippen LogP contribution is -2.50. The molecule has 0 aromatic heterocycles. The number of esters is 1. The van der Waals surface area contributed by atoms with Crippen LogP contribution < -0.4 is 0 Å². The van der Waals surface area contributed by atoms with Gasteiger partial charge in [0.05, 0.1) is 0 Å². The molecule has 1 saturated heterocycles. The minimum atomic E-state index is -0.203. The Morgan fingerprint density at radius 3 is 2.22 bits per heavy atom. The lowest BCUT2D eigenvalue weighted by atomic mass is 9.69. The molecule has 96 valence electrons. The van der Waals surface area contributed by atoms with E-state index in [2.05, 4.69) is 31.2 Å². The highest BCUT2D eigenvalue weighted by Gasteiger charge is 2.57. The second-order valence-corrected chi connectivity index (χ2v) is 5.77. The number of carbonyl (C=O) groups is 1. The van der Waals surface area contributed by atoms with Crippen LogP contribution in [0.1, 0.15) is 55.8 Å². The number of hydrogen-bond acceptors (Lipinski definition) is 2. The van der Waals surface area contributed by atoms with Crippen LogP contribution in [0.5, 0.6) is 0 Å². The van der Waals surface area contributed by atoms with E-state index in [1.165, 1.54) is 24.0 Å². The van der Waals surface area contributed by atoms with Crippen LogP contribution in [0.2, 0.25) is 0 Å². The fourth-order valence-electron chi connectivity index (χ4n) is 3.34. The molecule has 1 spiro atoms. The first-order valence-corrected chi connectivity index (χ1v) is 7.00. The van der Waals surface area contributed by atoms with Gasteiger partial charge >= 0.3 is 5.97 Å². The van der Waals surface area contributed by atoms with Gasteiger partial charge in [0, 0.05) is 0 Å². The highest BCUT2D eigenvalue weighted by atomic mass is 16.6. The molecule has 1 aliphatic carbocycles. The second kappa shape index (κ2) is 4.42. The van der Waals surface area contributed by atoms with Gasteiger partial charge in [0.25, 0.3) is 0 Å². The van der Waals surface area contributed by atoms with E-state index >= 15 is 0 Å². The fraction of sp³-hybridized carbons (Fsp3) is 0.562. The number of rotatable bonds is 1. The van der Waals surface area contributed by atoms with Crippen molar-refractivity contribution in [3.8, 4) is 0 Å². The fourth-order valence-corrected chi connectivity index (χ4v) is 3.34. The minimum Gasteiger partial charge on any atom is -0.456 e. The molecule has 0 amide bonds. The second-order valence-electron chi connectivity index (χ2n) is 5.77. The Bertz CT molecular complexity index is 439. The molecule has 0 bridgehead atoms. The summed E-state index contributed by atoms with van der Waals surface area (Å²) in [5.41, 5.74) is 2.22. The monoisotopic (exact) mass is 244 g/mol. The number of ether oxygens (including phenoxy) is 1. The zero-order valence-electron chi connectivity index (χ0n) is 10.9. The Morgan fingerprint density at radius 2 is 1.67 bits per heavy atom. The molecule has 1 aromatic rings. The molecule has 0 radical (unpaired) electrons. The van der Waals surface area contributed by atoms with Crippen molar-refractivity contribution >= 4 is 5.97 Å². The van der Waals surface area contributed by atoms with E-state index in [0.717, 1.165) is 25.7 Å². The smallest absolute Gasteiger partial charge is 0.316 e. The third-order valence-electron chi connectivity index (χ3n) is 4.51. The third kappa shape index (κ3) is 1.75. The first-order chi connectivity index (χ1) is 8.72. The molecule has 1 unspecified atom stereocenters. The Labute approximate surface area is 108 Å². The van der Waals surface area contributed by atoms with Gasteiger partial charge < -0.3 is 4.74 Å². The predicted molar refractivity (Wildman–Crippen MR) is 70.1 cm³/mol. The molecule has 1 atom stereocenters. The standard InChI is InChI=1S/C16H20O2/c1-12-6-8-13(9-7-12)14-16(15(17)18-14)10-4-2-3-5-11-16/h6-9,14H,2-5,10-11H2,1H3. The van der Waals surface area contributed by atoms with Crippen molar-refractivity contribution in [3.63, 3.8) is 0 Å². The van der Waals surface area contributed by atoms with Crippen molar-refractivity contribution in [2.24, 2.45) is 5.41 Å². The van der Waals surface area contributed by atoms with E-state index in [0.29, 0.717) is 0 Å². The van der Waals surface area contributed by atoms with Crippen LogP contribution in [0, 0.1) is 12.3 Å². The SMILES string of the molecule is Cc1ccc(C2OC(=O)C23CCCCCC3)cc1. The average Bonchev–Trinajstić information content (AvgIpc) is 2.65. The molecule has 1 heterocycles. The molecule has 0 N–H and O–H groups in total. The molecular weight excluding hydrogens is 224 g/mol. The molecule has 3 rings (SSSR count). The summed E-state index contributed by atoms with van der Waals surface area (Å²) in [6.07, 6.45) is 6.86. The summed E-state index contributed by atoms with van der Waals surface area (Å²) in [6, 6.07) is 8.43. The third-order valence-corrected chi connectivity index (χ3v) is 4.51. The van der Waals surface area contributed by atoms with Gasteiger partial charge in [-0.15, -0.1) is 0 Å². The highest BCUT2D eigenvalue weighted by Crippen LogP contribution is 2.55. The van der Waals surface area contributed by atoms with E-state index in [-0.39, 0.29) is 17.5 Å². The van der Waals surface area contributed by atoms with E-state index < -0.39 is 0 Å². The molecule has 2 fully saturated rings. The summed E-state index contributed by atoms with van der Waals surface area (Å²) < 4.78 is 5.47. The maximum atomic E-state index is 12.0. The molecule has 2 nitrogen and oxygen atoms in total. The topological polar surface area (TPSA) is 26.3 Å². The van der Waals surface area contributed by atoms with Crippen LogP contribution in [0.3, 0.4) is 0 Å². The lowest BCUT2D eigenvalue weighted by molar-refractivity contribution is -0.211. The number of cyclic esters (lactones) is 1. The quantitative estimate of drug-likeness (QED) is 0.699. The van der Waals surface area contributed by atoms with E-state index in [1.807, 2.05) is 0 Å². The van der Waals surface area contributed by atoms with Gasteiger partial charge in [0.1, 0.15) is 11.5 Å². The van der Waals surface area contributed by atoms with Crippen LogP contribution in [0.15, 0.2) is 24.3 Å². The Hall–Kier alpha value is -1.31. The van der Waals surface area contributed by atoms with Gasteiger partial charge in [-0.05, 0) is 25.3 Å². The first kappa shape index (κ1) is 11.8. The predicted octanol–water partition coefficient (Wildman–Crippen LogP) is 3.93. The van der Waals surface area contributed by atoms with Crippen LogP contribution in [-0.2, 0) is 9.53 Å². The van der Waals surface area contributed by atoms with E-state index in [1.54, 1.807) is 0 Å². The minimum absolute atomic E-state index is 0.00343. The van der Waals surface area contributed by atoms with Crippen molar-refractivity contribution in [1.82, 2.24) is 0 Å². The number of carbonyl (C=O) groups excluding carboxylic acids is 1. The van der Waals surface area contributed by atoms with Crippen molar-refractivity contribution in [2.75, 3.05) is 0 Å². The van der Waals surface area contributed by atoms with Crippen LogP contribution in [-0.4, -0.2) is 5.97 Å². The molecule has 18 heavy (non-hydrogen) atoms. The van der Waals surface area contributed by atoms with Crippen molar-refractivity contribution in [2.45, 2.75) is 51.6 Å². The summed E-state index contributed by atoms with van der Waals surface area (Å²) >= 11 is 0. The summed E-state index contributed by atoms with van der Waals surface area (Å²) in [4.78, 5) is 12.0. The zero-order chi connectivity index (χ0) is 12.6. The lowest BCUT2D eigenvalue weighted by Gasteiger charge is -2.47. The van der Waals surface area contributed by atoms with Gasteiger partial charge in [-0.3, -0.25) is 4.79 Å². The number of hydrogen-bond donors (Lipinski definition) is 0. The molecule has 2 aliphatic rings. The van der Waals surface area contributed by atoms with E-state index in [4.69, 9.17) is 4.74 Å². The van der Waals surface area contributed by atoms with Gasteiger partial charge in [0.15, 0.2) is 0 Å². The normalized spacial score (nSPS) is 26.3. The summed E-state index contributed by atoms with van der Waals surface area (Å²) in [5, 5.41) is 0. The molecule has 1 aromatic carbocycles. The summed E-state index contributed by atoms with van der Waals surface area (Å²) in [7, 11) is 0. The highest BCUT2D eigenvalue weighted by molar-refractivity contribution is 5.83. The van der Waals surface area contributed by atoms with Gasteiger partial charge in [0.2, 0.25) is 0 Å². The largest absolute Gasteiger partial charge is 0.456 e. The van der Waals surface area contributed by atoms with Gasteiger partial charge in [-0.25, -0.2) is 0 Å².